The van der Waals surface area contributed by atoms with Crippen molar-refractivity contribution >= 4 is 27.5 Å². The highest BCUT2D eigenvalue weighted by molar-refractivity contribution is 9.09. The highest BCUT2D eigenvalue weighted by Gasteiger charge is 2.17. The summed E-state index contributed by atoms with van der Waals surface area (Å²) in [5, 5.41) is 14.8. The van der Waals surface area contributed by atoms with Crippen LogP contribution in [0.1, 0.15) is 25.2 Å². The van der Waals surface area contributed by atoms with E-state index in [1.165, 1.54) is 0 Å². The molecule has 1 aromatic rings. The Hall–Kier alpha value is -0.530. The molecule has 1 heterocycles. The summed E-state index contributed by atoms with van der Waals surface area (Å²) in [7, 11) is 0. The Bertz CT molecular complexity index is 395. The molecule has 0 aliphatic rings. The molecule has 5 heteroatoms. The molecule has 1 aromatic heterocycles. The number of aryl methyl sites for hydroxylation is 2. The van der Waals surface area contributed by atoms with Crippen molar-refractivity contribution in [1.82, 2.24) is 9.78 Å². The molecular weight excluding hydrogens is 289 g/mol. The van der Waals surface area contributed by atoms with Gasteiger partial charge in [0.1, 0.15) is 0 Å². The maximum atomic E-state index is 8.95. The first-order chi connectivity index (χ1) is 7.67. The molecule has 16 heavy (non-hydrogen) atoms. The minimum atomic E-state index is -0.0517. The van der Waals surface area contributed by atoms with Gasteiger partial charge in [0.15, 0.2) is 0 Å². The predicted molar refractivity (Wildman–Crippen MR) is 68.9 cm³/mol. The largest absolute Gasteiger partial charge is 0.268 e. The second-order valence-corrected chi connectivity index (χ2v) is 4.59. The Kier molecular flexibility index (Phi) is 5.30. The summed E-state index contributed by atoms with van der Waals surface area (Å²) in [5.41, 5.74) is 1.90. The molecule has 0 aliphatic carbocycles. The fraction of sp³-hybridized carbons (Fsp3) is 0.636. The smallest absolute Gasteiger partial charge is 0.0850 e. The molecule has 0 bridgehead atoms. The zero-order chi connectivity index (χ0) is 12.1. The lowest BCUT2D eigenvalue weighted by molar-refractivity contribution is 0.590. The molecule has 0 saturated carbocycles. The third-order valence-electron chi connectivity index (χ3n) is 2.50. The van der Waals surface area contributed by atoms with Crippen LogP contribution in [0.3, 0.4) is 0 Å². The van der Waals surface area contributed by atoms with Gasteiger partial charge >= 0.3 is 0 Å². The van der Waals surface area contributed by atoms with Gasteiger partial charge in [-0.3, -0.25) is 4.68 Å². The van der Waals surface area contributed by atoms with E-state index in [9.17, 15) is 0 Å². The molecule has 0 radical (unpaired) electrons. The van der Waals surface area contributed by atoms with Crippen molar-refractivity contribution in [3.05, 3.63) is 16.4 Å². The van der Waals surface area contributed by atoms with Gasteiger partial charge in [0.05, 0.1) is 28.4 Å². The highest BCUT2D eigenvalue weighted by atomic mass is 79.9. The Morgan fingerprint density at radius 3 is 2.69 bits per heavy atom. The van der Waals surface area contributed by atoms with Crippen LogP contribution in [0, 0.1) is 17.2 Å². The van der Waals surface area contributed by atoms with E-state index in [4.69, 9.17) is 16.9 Å². The SMILES string of the molecule is CCc1nn(CC)c(CC(C#N)CBr)c1Cl. The molecule has 3 nitrogen and oxygen atoms in total. The van der Waals surface area contributed by atoms with E-state index in [1.807, 2.05) is 18.5 Å². The number of nitrogens with zero attached hydrogens (tertiary/aromatic N) is 3. The topological polar surface area (TPSA) is 41.6 Å². The van der Waals surface area contributed by atoms with E-state index in [-0.39, 0.29) is 5.92 Å². The third-order valence-corrected chi connectivity index (χ3v) is 3.72. The lowest BCUT2D eigenvalue weighted by Crippen LogP contribution is -2.09. The molecule has 0 amide bonds. The summed E-state index contributed by atoms with van der Waals surface area (Å²) < 4.78 is 1.90. The average molecular weight is 305 g/mol. The Balaban J connectivity index is 3.02. The number of hydrogen-bond acceptors (Lipinski definition) is 2. The van der Waals surface area contributed by atoms with Crippen LogP contribution in [-0.4, -0.2) is 15.1 Å². The molecule has 0 fully saturated rings. The summed E-state index contributed by atoms with van der Waals surface area (Å²) in [4.78, 5) is 0. The molecule has 0 aliphatic heterocycles. The van der Waals surface area contributed by atoms with Gasteiger partial charge in [0.25, 0.3) is 0 Å². The Morgan fingerprint density at radius 2 is 2.25 bits per heavy atom. The van der Waals surface area contributed by atoms with Gasteiger partial charge in [-0.2, -0.15) is 10.4 Å². The Labute approximate surface area is 110 Å². The van der Waals surface area contributed by atoms with E-state index < -0.39 is 0 Å². The van der Waals surface area contributed by atoms with Crippen LogP contribution in [0.2, 0.25) is 5.02 Å². The zero-order valence-electron chi connectivity index (χ0n) is 9.50. The van der Waals surface area contributed by atoms with Gasteiger partial charge in [0, 0.05) is 18.3 Å². The molecule has 0 spiro atoms. The summed E-state index contributed by atoms with van der Waals surface area (Å²) in [6.07, 6.45) is 1.48. The van der Waals surface area contributed by atoms with Gasteiger partial charge in [0.2, 0.25) is 0 Å². The van der Waals surface area contributed by atoms with Crippen LogP contribution in [-0.2, 0) is 19.4 Å². The number of alkyl halides is 1. The van der Waals surface area contributed by atoms with Crippen LogP contribution >= 0.6 is 27.5 Å². The molecule has 1 rings (SSSR count). The summed E-state index contributed by atoms with van der Waals surface area (Å²) in [6, 6.07) is 2.26. The molecule has 0 aromatic carbocycles. The normalized spacial score (nSPS) is 12.4. The van der Waals surface area contributed by atoms with Gasteiger partial charge in [-0.15, -0.1) is 0 Å². The summed E-state index contributed by atoms with van der Waals surface area (Å²) in [5.74, 6) is -0.0517. The van der Waals surface area contributed by atoms with Crippen LogP contribution in [0.5, 0.6) is 0 Å². The first kappa shape index (κ1) is 13.5. The summed E-state index contributed by atoms with van der Waals surface area (Å²) in [6.45, 7) is 4.85. The Morgan fingerprint density at radius 1 is 1.56 bits per heavy atom. The van der Waals surface area contributed by atoms with E-state index in [1.54, 1.807) is 0 Å². The maximum absolute atomic E-state index is 8.95. The fourth-order valence-corrected chi connectivity index (χ4v) is 2.30. The number of rotatable bonds is 5. The van der Waals surface area contributed by atoms with Crippen LogP contribution < -0.4 is 0 Å². The third kappa shape index (κ3) is 2.78. The molecule has 1 atom stereocenters. The first-order valence-electron chi connectivity index (χ1n) is 5.37. The van der Waals surface area contributed by atoms with Gasteiger partial charge in [-0.05, 0) is 13.3 Å². The van der Waals surface area contributed by atoms with Crippen molar-refractivity contribution in [2.45, 2.75) is 33.2 Å². The second-order valence-electron chi connectivity index (χ2n) is 3.56. The molecular formula is C11H15BrClN3. The minimum absolute atomic E-state index is 0.0517. The number of nitriles is 1. The lowest BCUT2D eigenvalue weighted by Gasteiger charge is -2.07. The van der Waals surface area contributed by atoms with Crippen molar-refractivity contribution < 1.29 is 0 Å². The maximum Gasteiger partial charge on any atom is 0.0850 e. The van der Waals surface area contributed by atoms with Crippen molar-refractivity contribution in [2.24, 2.45) is 5.92 Å². The van der Waals surface area contributed by atoms with Crippen LogP contribution in [0.25, 0.3) is 0 Å². The minimum Gasteiger partial charge on any atom is -0.268 e. The number of halogens is 2. The second kappa shape index (κ2) is 6.27. The highest BCUT2D eigenvalue weighted by Crippen LogP contribution is 2.24. The molecule has 0 saturated heterocycles. The van der Waals surface area contributed by atoms with Crippen molar-refractivity contribution in [3.63, 3.8) is 0 Å². The predicted octanol–water partition coefficient (Wildman–Crippen LogP) is 3.20. The van der Waals surface area contributed by atoms with Crippen molar-refractivity contribution in [2.75, 3.05) is 5.33 Å². The summed E-state index contributed by atoms with van der Waals surface area (Å²) >= 11 is 9.59. The van der Waals surface area contributed by atoms with Crippen LogP contribution in [0.15, 0.2) is 0 Å². The molecule has 0 N–H and O–H groups in total. The van der Waals surface area contributed by atoms with Crippen LogP contribution in [0.4, 0.5) is 0 Å². The van der Waals surface area contributed by atoms with Crippen molar-refractivity contribution in [3.8, 4) is 6.07 Å². The van der Waals surface area contributed by atoms with Gasteiger partial charge in [-0.25, -0.2) is 0 Å². The van der Waals surface area contributed by atoms with E-state index >= 15 is 0 Å². The fourth-order valence-electron chi connectivity index (χ4n) is 1.58. The number of hydrogen-bond donors (Lipinski definition) is 0. The van der Waals surface area contributed by atoms with Gasteiger partial charge < -0.3 is 0 Å². The molecule has 1 unspecified atom stereocenters. The average Bonchev–Trinajstić information content (AvgIpc) is 2.62. The molecule has 88 valence electrons. The monoisotopic (exact) mass is 303 g/mol. The standard InChI is InChI=1S/C11H15BrClN3/c1-3-9-11(13)10(16(4-2)15-9)5-8(6-12)7-14/h8H,3-6H2,1-2H3. The van der Waals surface area contributed by atoms with Gasteiger partial charge in [-0.1, -0.05) is 34.5 Å². The van der Waals surface area contributed by atoms with E-state index in [0.717, 1.165) is 29.4 Å². The quantitative estimate of drug-likeness (QED) is 0.784. The number of aromatic nitrogens is 2. The van der Waals surface area contributed by atoms with E-state index in [0.29, 0.717) is 11.8 Å². The zero-order valence-corrected chi connectivity index (χ0v) is 11.8. The van der Waals surface area contributed by atoms with E-state index in [2.05, 4.69) is 27.1 Å². The lowest BCUT2D eigenvalue weighted by atomic mass is 10.1. The van der Waals surface area contributed by atoms with Crippen molar-refractivity contribution in [1.29, 1.82) is 5.26 Å². The first-order valence-corrected chi connectivity index (χ1v) is 6.87.